The van der Waals surface area contributed by atoms with Crippen LogP contribution < -0.4 is 0 Å². The van der Waals surface area contributed by atoms with E-state index in [1.165, 1.54) is 5.56 Å². The quantitative estimate of drug-likeness (QED) is 0.591. The van der Waals surface area contributed by atoms with Crippen LogP contribution >= 0.6 is 0 Å². The first-order valence-electron chi connectivity index (χ1n) is 8.14. The first-order chi connectivity index (χ1) is 10.9. The predicted molar refractivity (Wildman–Crippen MR) is 97.0 cm³/mol. The van der Waals surface area contributed by atoms with Gasteiger partial charge in [-0.15, -0.1) is 0 Å². The summed E-state index contributed by atoms with van der Waals surface area (Å²) >= 11 is 0. The van der Waals surface area contributed by atoms with Crippen LogP contribution in [0.1, 0.15) is 45.7 Å². The molecule has 0 N–H and O–H groups in total. The van der Waals surface area contributed by atoms with Crippen molar-refractivity contribution in [3.05, 3.63) is 47.9 Å². The molecule has 128 valence electrons. The highest BCUT2D eigenvalue weighted by Gasteiger charge is 2.02. The first-order valence-corrected chi connectivity index (χ1v) is 8.14. The zero-order valence-electron chi connectivity index (χ0n) is 15.3. The molecule has 0 heterocycles. The second-order valence-corrected chi connectivity index (χ2v) is 6.31. The van der Waals surface area contributed by atoms with Crippen LogP contribution in [0.25, 0.3) is 11.1 Å². The number of methoxy groups -OCH3 is 1. The molecular formula is C20H30O3. The predicted octanol–water partition coefficient (Wildman–Crippen LogP) is 5.13. The van der Waals surface area contributed by atoms with Gasteiger partial charge in [-0.3, -0.25) is 0 Å². The highest BCUT2D eigenvalue weighted by molar-refractivity contribution is 5.68. The topological polar surface area (TPSA) is 27.7 Å². The van der Waals surface area contributed by atoms with Crippen molar-refractivity contribution < 1.29 is 14.2 Å². The van der Waals surface area contributed by atoms with E-state index in [1.807, 2.05) is 20.1 Å². The molecule has 1 atom stereocenters. The van der Waals surface area contributed by atoms with Crippen molar-refractivity contribution in [3.63, 3.8) is 0 Å². The van der Waals surface area contributed by atoms with E-state index in [4.69, 9.17) is 14.2 Å². The maximum absolute atomic E-state index is 5.63. The lowest BCUT2D eigenvalue weighted by Crippen LogP contribution is -2.11. The Morgan fingerprint density at radius 3 is 1.91 bits per heavy atom. The van der Waals surface area contributed by atoms with Crippen LogP contribution in [-0.4, -0.2) is 26.4 Å². The highest BCUT2D eigenvalue weighted by atomic mass is 16.5. The molecule has 3 nitrogen and oxygen atoms in total. The van der Waals surface area contributed by atoms with Crippen LogP contribution in [-0.2, 0) is 14.2 Å². The molecule has 0 aliphatic heterocycles. The summed E-state index contributed by atoms with van der Waals surface area (Å²) in [5, 5.41) is 0. The Morgan fingerprint density at radius 2 is 1.43 bits per heavy atom. The molecule has 3 heteroatoms. The molecule has 0 fully saturated rings. The van der Waals surface area contributed by atoms with Crippen molar-refractivity contribution >= 4 is 11.1 Å². The van der Waals surface area contributed by atoms with Crippen molar-refractivity contribution in [1.82, 2.24) is 0 Å². The van der Waals surface area contributed by atoms with Gasteiger partial charge in [-0.05, 0) is 49.0 Å². The van der Waals surface area contributed by atoms with Crippen LogP contribution in [0.3, 0.4) is 0 Å². The van der Waals surface area contributed by atoms with Crippen molar-refractivity contribution in [2.24, 2.45) is 5.92 Å². The van der Waals surface area contributed by atoms with Gasteiger partial charge in [0, 0.05) is 7.11 Å². The Bertz CT molecular complexity index is 512. The van der Waals surface area contributed by atoms with Gasteiger partial charge in [-0.1, -0.05) is 38.1 Å². The summed E-state index contributed by atoms with van der Waals surface area (Å²) < 4.78 is 16.3. The molecule has 1 aromatic rings. The molecule has 0 saturated carbocycles. The van der Waals surface area contributed by atoms with Crippen LogP contribution in [0.4, 0.5) is 0 Å². The minimum absolute atomic E-state index is 0.0532. The summed E-state index contributed by atoms with van der Waals surface area (Å²) in [5.74, 6) is 0.537. The number of ether oxygens (including phenoxy) is 3. The fraction of sp³-hybridized carbons (Fsp3) is 0.500. The van der Waals surface area contributed by atoms with Crippen molar-refractivity contribution in [1.29, 1.82) is 0 Å². The van der Waals surface area contributed by atoms with E-state index in [1.54, 1.807) is 13.4 Å². The van der Waals surface area contributed by atoms with Gasteiger partial charge in [-0.2, -0.15) is 0 Å². The molecule has 0 aromatic heterocycles. The molecule has 1 unspecified atom stereocenters. The summed E-state index contributed by atoms with van der Waals surface area (Å²) in [6, 6.07) is 8.42. The Hall–Kier alpha value is -1.74. The number of allylic oxidation sites excluding steroid dienone is 2. The fourth-order valence-electron chi connectivity index (χ4n) is 1.99. The normalized spacial score (nSPS) is 14.0. The minimum Gasteiger partial charge on any atom is -0.501 e. The van der Waals surface area contributed by atoms with E-state index in [2.05, 4.69) is 45.0 Å². The molecule has 0 aliphatic rings. The maximum atomic E-state index is 5.63. The number of rotatable bonds is 9. The van der Waals surface area contributed by atoms with Gasteiger partial charge in [0.05, 0.1) is 25.7 Å². The number of benzene rings is 1. The number of hydrogen-bond donors (Lipinski definition) is 0. The summed E-state index contributed by atoms with van der Waals surface area (Å²) in [6.45, 7) is 11.7. The summed E-state index contributed by atoms with van der Waals surface area (Å²) in [4.78, 5) is 0. The molecule has 1 rings (SSSR count). The lowest BCUT2D eigenvalue weighted by molar-refractivity contribution is 0.0638. The number of hydrogen-bond acceptors (Lipinski definition) is 3. The molecule has 0 saturated heterocycles. The zero-order valence-corrected chi connectivity index (χ0v) is 15.3. The van der Waals surface area contributed by atoms with E-state index < -0.39 is 0 Å². The maximum Gasteiger partial charge on any atom is 0.118 e. The molecule has 23 heavy (non-hydrogen) atoms. The fourth-order valence-corrected chi connectivity index (χ4v) is 1.99. The van der Waals surface area contributed by atoms with Gasteiger partial charge in [0.2, 0.25) is 0 Å². The standard InChI is InChI=1S/C20H30O3/c1-15(2)11-22-12-16(3)19-7-9-20(10-8-19)17(4)13-23-18(5)14-21-6/h7-10,12-13,15,18H,11,14H2,1-6H3/b16-12+,17-13+. The van der Waals surface area contributed by atoms with Gasteiger partial charge in [0.1, 0.15) is 6.10 Å². The second-order valence-electron chi connectivity index (χ2n) is 6.31. The van der Waals surface area contributed by atoms with Gasteiger partial charge in [0.25, 0.3) is 0 Å². The summed E-state index contributed by atoms with van der Waals surface area (Å²) in [6.07, 6.45) is 3.69. The van der Waals surface area contributed by atoms with Crippen LogP contribution in [0.15, 0.2) is 36.8 Å². The minimum atomic E-state index is 0.0532. The van der Waals surface area contributed by atoms with Crippen LogP contribution in [0.2, 0.25) is 0 Å². The van der Waals surface area contributed by atoms with Crippen molar-refractivity contribution in [3.8, 4) is 0 Å². The first kappa shape index (κ1) is 19.3. The highest BCUT2D eigenvalue weighted by Crippen LogP contribution is 2.19. The SMILES string of the molecule is COCC(C)O/C=C(\C)c1ccc(/C(C)=C/OCC(C)C)cc1. The van der Waals surface area contributed by atoms with Gasteiger partial charge >= 0.3 is 0 Å². The second kappa shape index (κ2) is 10.1. The van der Waals surface area contributed by atoms with Gasteiger partial charge < -0.3 is 14.2 Å². The van der Waals surface area contributed by atoms with E-state index in [-0.39, 0.29) is 6.10 Å². The Balaban J connectivity index is 2.66. The van der Waals surface area contributed by atoms with Crippen molar-refractivity contribution in [2.45, 2.75) is 40.7 Å². The largest absolute Gasteiger partial charge is 0.501 e. The van der Waals surface area contributed by atoms with Crippen LogP contribution in [0, 0.1) is 5.92 Å². The third kappa shape index (κ3) is 7.38. The van der Waals surface area contributed by atoms with Crippen molar-refractivity contribution in [2.75, 3.05) is 20.3 Å². The third-order valence-electron chi connectivity index (χ3n) is 3.36. The smallest absolute Gasteiger partial charge is 0.118 e. The lowest BCUT2D eigenvalue weighted by atomic mass is 10.0. The van der Waals surface area contributed by atoms with Gasteiger partial charge in [-0.25, -0.2) is 0 Å². The molecule has 0 amide bonds. The average Bonchev–Trinajstić information content (AvgIpc) is 2.52. The summed E-state index contributed by atoms with van der Waals surface area (Å²) in [7, 11) is 1.68. The molecular weight excluding hydrogens is 288 g/mol. The Kier molecular flexibility index (Phi) is 8.49. The molecule has 0 radical (unpaired) electrons. The average molecular weight is 318 g/mol. The molecule has 1 aromatic carbocycles. The Morgan fingerprint density at radius 1 is 0.913 bits per heavy atom. The molecule has 0 bridgehead atoms. The monoisotopic (exact) mass is 318 g/mol. The third-order valence-corrected chi connectivity index (χ3v) is 3.36. The van der Waals surface area contributed by atoms with E-state index in [0.29, 0.717) is 12.5 Å². The van der Waals surface area contributed by atoms with E-state index in [0.717, 1.165) is 23.3 Å². The van der Waals surface area contributed by atoms with Gasteiger partial charge in [0.15, 0.2) is 0 Å². The van der Waals surface area contributed by atoms with E-state index in [9.17, 15) is 0 Å². The lowest BCUT2D eigenvalue weighted by Gasteiger charge is -2.11. The van der Waals surface area contributed by atoms with Crippen LogP contribution in [0.5, 0.6) is 0 Å². The zero-order chi connectivity index (χ0) is 17.2. The molecule has 0 spiro atoms. The Labute approximate surface area is 141 Å². The van der Waals surface area contributed by atoms with E-state index >= 15 is 0 Å². The molecule has 0 aliphatic carbocycles. The summed E-state index contributed by atoms with van der Waals surface area (Å²) in [5.41, 5.74) is 4.54.